The SMILES string of the molecule is CCN(CC)C(=O)[C@@H](OC(=O)/C=C/c1ccc(OC)c(F)c1)c1ccccc1. The molecule has 5 nitrogen and oxygen atoms in total. The van der Waals surface area contributed by atoms with Gasteiger partial charge >= 0.3 is 5.97 Å². The van der Waals surface area contributed by atoms with E-state index in [1.54, 1.807) is 35.2 Å². The highest BCUT2D eigenvalue weighted by atomic mass is 19.1. The van der Waals surface area contributed by atoms with Crippen molar-refractivity contribution in [2.24, 2.45) is 0 Å². The first kappa shape index (κ1) is 21.2. The number of halogens is 1. The first-order chi connectivity index (χ1) is 13.5. The van der Waals surface area contributed by atoms with Crippen molar-refractivity contribution in [3.63, 3.8) is 0 Å². The molecule has 0 N–H and O–H groups in total. The van der Waals surface area contributed by atoms with Crippen LogP contribution in [0, 0.1) is 5.82 Å². The molecule has 0 spiro atoms. The van der Waals surface area contributed by atoms with Crippen molar-refractivity contribution < 1.29 is 23.5 Å². The molecule has 0 radical (unpaired) electrons. The summed E-state index contributed by atoms with van der Waals surface area (Å²) < 4.78 is 24.1. The van der Waals surface area contributed by atoms with Crippen LogP contribution in [0.15, 0.2) is 54.6 Å². The number of ether oxygens (including phenoxy) is 2. The lowest BCUT2D eigenvalue weighted by molar-refractivity contribution is -0.157. The van der Waals surface area contributed by atoms with E-state index in [-0.39, 0.29) is 11.7 Å². The third-order valence-corrected chi connectivity index (χ3v) is 4.22. The van der Waals surface area contributed by atoms with Crippen molar-refractivity contribution in [2.75, 3.05) is 20.2 Å². The van der Waals surface area contributed by atoms with E-state index in [0.717, 1.165) is 0 Å². The lowest BCUT2D eigenvalue weighted by Crippen LogP contribution is -2.36. The van der Waals surface area contributed by atoms with Gasteiger partial charge in [-0.3, -0.25) is 4.79 Å². The first-order valence-corrected chi connectivity index (χ1v) is 9.06. The summed E-state index contributed by atoms with van der Waals surface area (Å²) >= 11 is 0. The second kappa shape index (κ2) is 10.3. The van der Waals surface area contributed by atoms with Gasteiger partial charge in [-0.05, 0) is 37.6 Å². The van der Waals surface area contributed by atoms with Gasteiger partial charge in [-0.2, -0.15) is 0 Å². The minimum absolute atomic E-state index is 0.119. The number of benzene rings is 2. The summed E-state index contributed by atoms with van der Waals surface area (Å²) in [5, 5.41) is 0. The van der Waals surface area contributed by atoms with Crippen LogP contribution in [0.5, 0.6) is 5.75 Å². The zero-order valence-corrected chi connectivity index (χ0v) is 16.2. The van der Waals surface area contributed by atoms with E-state index in [2.05, 4.69) is 0 Å². The van der Waals surface area contributed by atoms with Gasteiger partial charge in [-0.1, -0.05) is 36.4 Å². The maximum absolute atomic E-state index is 13.8. The second-order valence-corrected chi connectivity index (χ2v) is 5.97. The zero-order chi connectivity index (χ0) is 20.5. The van der Waals surface area contributed by atoms with E-state index < -0.39 is 17.9 Å². The van der Waals surface area contributed by atoms with Gasteiger partial charge < -0.3 is 14.4 Å². The van der Waals surface area contributed by atoms with E-state index in [4.69, 9.17) is 9.47 Å². The summed E-state index contributed by atoms with van der Waals surface area (Å²) in [6, 6.07) is 13.2. The van der Waals surface area contributed by atoms with Gasteiger partial charge in [0.2, 0.25) is 6.10 Å². The molecule has 0 aromatic heterocycles. The molecule has 1 amide bonds. The fourth-order valence-electron chi connectivity index (χ4n) is 2.70. The Labute approximate surface area is 164 Å². The molecule has 0 saturated carbocycles. The number of rotatable bonds is 8. The molecule has 2 aromatic carbocycles. The monoisotopic (exact) mass is 385 g/mol. The molecule has 0 saturated heterocycles. The molecule has 0 bridgehead atoms. The standard InChI is InChI=1S/C22H24FNO4/c1-4-24(5-2)22(26)21(17-9-7-6-8-10-17)28-20(25)14-12-16-11-13-19(27-3)18(23)15-16/h6-15,21H,4-5H2,1-3H3/b14-12+/t21-/m0/s1. The number of hydrogen-bond acceptors (Lipinski definition) is 4. The number of carbonyl (C=O) groups is 2. The average molecular weight is 385 g/mol. The van der Waals surface area contributed by atoms with Crippen molar-refractivity contribution >= 4 is 18.0 Å². The molecule has 2 aromatic rings. The normalized spacial score (nSPS) is 11.9. The topological polar surface area (TPSA) is 55.8 Å². The largest absolute Gasteiger partial charge is 0.494 e. The summed E-state index contributed by atoms with van der Waals surface area (Å²) in [5.74, 6) is -1.38. The van der Waals surface area contributed by atoms with Gasteiger partial charge in [-0.15, -0.1) is 0 Å². The lowest BCUT2D eigenvalue weighted by Gasteiger charge is -2.25. The molecule has 0 fully saturated rings. The Morgan fingerprint density at radius 1 is 1.11 bits per heavy atom. The van der Waals surface area contributed by atoms with Crippen LogP contribution >= 0.6 is 0 Å². The third kappa shape index (κ3) is 5.42. The second-order valence-electron chi connectivity index (χ2n) is 5.97. The Morgan fingerprint density at radius 2 is 1.79 bits per heavy atom. The van der Waals surface area contributed by atoms with Crippen molar-refractivity contribution in [1.82, 2.24) is 4.90 Å². The molecule has 148 valence electrons. The van der Waals surface area contributed by atoms with Gasteiger partial charge in [0.15, 0.2) is 11.6 Å². The quantitative estimate of drug-likeness (QED) is 0.509. The van der Waals surface area contributed by atoms with E-state index in [0.29, 0.717) is 24.2 Å². The van der Waals surface area contributed by atoms with Crippen LogP contribution in [-0.4, -0.2) is 37.0 Å². The van der Waals surface area contributed by atoms with Crippen LogP contribution < -0.4 is 4.74 Å². The molecule has 0 aliphatic carbocycles. The predicted molar refractivity (Wildman–Crippen MR) is 105 cm³/mol. The van der Waals surface area contributed by atoms with Crippen LogP contribution in [0.3, 0.4) is 0 Å². The highest BCUT2D eigenvalue weighted by Gasteiger charge is 2.27. The van der Waals surface area contributed by atoms with Crippen LogP contribution in [0.25, 0.3) is 6.08 Å². The van der Waals surface area contributed by atoms with Gasteiger partial charge in [0.1, 0.15) is 0 Å². The zero-order valence-electron chi connectivity index (χ0n) is 16.2. The summed E-state index contributed by atoms with van der Waals surface area (Å²) in [4.78, 5) is 26.7. The summed E-state index contributed by atoms with van der Waals surface area (Å²) in [5.41, 5.74) is 1.07. The fraction of sp³-hybridized carbons (Fsp3) is 0.273. The number of amides is 1. The molecule has 0 aliphatic heterocycles. The van der Waals surface area contributed by atoms with E-state index in [1.165, 1.54) is 31.4 Å². The number of hydrogen-bond donors (Lipinski definition) is 0. The Balaban J connectivity index is 2.18. The van der Waals surface area contributed by atoms with Crippen molar-refractivity contribution in [3.05, 3.63) is 71.6 Å². The van der Waals surface area contributed by atoms with Gasteiger partial charge in [0, 0.05) is 24.7 Å². The Hall–Kier alpha value is -3.15. The minimum atomic E-state index is -1.04. The predicted octanol–water partition coefficient (Wildman–Crippen LogP) is 4.00. The molecule has 0 heterocycles. The van der Waals surface area contributed by atoms with Gasteiger partial charge in [0.25, 0.3) is 5.91 Å². The number of methoxy groups -OCH3 is 1. The van der Waals surface area contributed by atoms with E-state index >= 15 is 0 Å². The fourth-order valence-corrected chi connectivity index (χ4v) is 2.70. The first-order valence-electron chi connectivity index (χ1n) is 9.06. The minimum Gasteiger partial charge on any atom is -0.494 e. The summed E-state index contributed by atoms with van der Waals surface area (Å²) in [6.07, 6.45) is 1.56. The number of nitrogens with zero attached hydrogens (tertiary/aromatic N) is 1. The van der Waals surface area contributed by atoms with Gasteiger partial charge in [-0.25, -0.2) is 9.18 Å². The summed E-state index contributed by atoms with van der Waals surface area (Å²) in [7, 11) is 1.38. The van der Waals surface area contributed by atoms with E-state index in [9.17, 15) is 14.0 Å². The molecule has 2 rings (SSSR count). The smallest absolute Gasteiger partial charge is 0.331 e. The molecular formula is C22H24FNO4. The molecule has 1 atom stereocenters. The van der Waals surface area contributed by atoms with Crippen molar-refractivity contribution in [1.29, 1.82) is 0 Å². The molecule has 6 heteroatoms. The van der Waals surface area contributed by atoms with Crippen LogP contribution in [0.1, 0.15) is 31.1 Å². The van der Waals surface area contributed by atoms with Crippen LogP contribution in [-0.2, 0) is 14.3 Å². The molecular weight excluding hydrogens is 361 g/mol. The highest BCUT2D eigenvalue weighted by molar-refractivity contribution is 5.91. The Kier molecular flexibility index (Phi) is 7.75. The lowest BCUT2D eigenvalue weighted by atomic mass is 10.1. The van der Waals surface area contributed by atoms with Crippen molar-refractivity contribution in [3.8, 4) is 5.75 Å². The van der Waals surface area contributed by atoms with E-state index in [1.807, 2.05) is 19.9 Å². The highest BCUT2D eigenvalue weighted by Crippen LogP contribution is 2.22. The maximum atomic E-state index is 13.8. The molecule has 0 unspecified atom stereocenters. The van der Waals surface area contributed by atoms with Crippen LogP contribution in [0.2, 0.25) is 0 Å². The van der Waals surface area contributed by atoms with Crippen molar-refractivity contribution in [2.45, 2.75) is 20.0 Å². The maximum Gasteiger partial charge on any atom is 0.331 e. The van der Waals surface area contributed by atoms with Gasteiger partial charge in [0.05, 0.1) is 7.11 Å². The third-order valence-electron chi connectivity index (χ3n) is 4.22. The Bertz CT molecular complexity index is 832. The average Bonchev–Trinajstić information content (AvgIpc) is 2.72. The molecule has 28 heavy (non-hydrogen) atoms. The Morgan fingerprint density at radius 3 is 2.36 bits per heavy atom. The van der Waals surface area contributed by atoms with Crippen LogP contribution in [0.4, 0.5) is 4.39 Å². The number of likely N-dealkylation sites (N-methyl/N-ethyl adjacent to an activating group) is 1. The molecule has 0 aliphatic rings. The summed E-state index contributed by atoms with van der Waals surface area (Å²) in [6.45, 7) is 4.75. The number of carbonyl (C=O) groups excluding carboxylic acids is 2. The number of esters is 1.